The van der Waals surface area contributed by atoms with Gasteiger partial charge in [-0.2, -0.15) is 0 Å². The van der Waals surface area contributed by atoms with E-state index in [-0.39, 0.29) is 5.41 Å². The van der Waals surface area contributed by atoms with Gasteiger partial charge in [0, 0.05) is 57.2 Å². The third-order valence-electron chi connectivity index (χ3n) is 5.17. The maximum Gasteiger partial charge on any atom is 0.223 e. The van der Waals surface area contributed by atoms with E-state index >= 15 is 0 Å². The highest BCUT2D eigenvalue weighted by Gasteiger charge is 2.50. The maximum absolute atomic E-state index is 12.2. The van der Waals surface area contributed by atoms with Crippen molar-refractivity contribution in [1.82, 2.24) is 15.1 Å². The van der Waals surface area contributed by atoms with Crippen molar-refractivity contribution in [3.63, 3.8) is 0 Å². The first-order valence-corrected chi connectivity index (χ1v) is 8.27. The average molecular weight is 297 g/mol. The summed E-state index contributed by atoms with van der Waals surface area (Å²) >= 11 is 0. The molecule has 122 valence electrons. The Hall–Kier alpha value is -0.650. The van der Waals surface area contributed by atoms with E-state index in [2.05, 4.69) is 38.0 Å². The quantitative estimate of drug-likeness (QED) is 0.793. The summed E-state index contributed by atoms with van der Waals surface area (Å²) in [5, 5.41) is 3.28. The fraction of sp³-hybridized carbons (Fsp3) is 0.938. The molecule has 0 aromatic rings. The molecule has 0 radical (unpaired) electrons. The second-order valence-corrected chi connectivity index (χ2v) is 6.88. The second-order valence-electron chi connectivity index (χ2n) is 6.88. The Balaban J connectivity index is 1.74. The van der Waals surface area contributed by atoms with Gasteiger partial charge in [-0.05, 0) is 20.4 Å². The van der Waals surface area contributed by atoms with Crippen LogP contribution in [0.3, 0.4) is 0 Å². The molecule has 1 heterocycles. The zero-order valence-electron chi connectivity index (χ0n) is 14.0. The van der Waals surface area contributed by atoms with E-state index in [0.29, 0.717) is 24.5 Å². The first-order valence-electron chi connectivity index (χ1n) is 8.27. The van der Waals surface area contributed by atoms with Crippen LogP contribution in [0.15, 0.2) is 0 Å². The lowest BCUT2D eigenvalue weighted by molar-refractivity contribution is -0.147. The van der Waals surface area contributed by atoms with Crippen LogP contribution in [0.1, 0.15) is 33.6 Å². The van der Waals surface area contributed by atoms with Crippen LogP contribution in [0.2, 0.25) is 0 Å². The van der Waals surface area contributed by atoms with Gasteiger partial charge in [-0.3, -0.25) is 4.79 Å². The van der Waals surface area contributed by atoms with E-state index in [0.717, 1.165) is 45.8 Å². The monoisotopic (exact) mass is 297 g/mol. The molecule has 1 aliphatic carbocycles. The van der Waals surface area contributed by atoms with Gasteiger partial charge in [-0.15, -0.1) is 0 Å². The summed E-state index contributed by atoms with van der Waals surface area (Å²) in [5.41, 5.74) is 0.183. The number of hydrogen-bond acceptors (Lipinski definition) is 4. The molecule has 1 N–H and O–H groups in total. The normalized spacial score (nSPS) is 28.5. The second kappa shape index (κ2) is 7.07. The fourth-order valence-electron chi connectivity index (χ4n) is 3.60. The molecule has 21 heavy (non-hydrogen) atoms. The Bertz CT molecular complexity index is 353. The molecule has 0 aromatic carbocycles. The van der Waals surface area contributed by atoms with Crippen molar-refractivity contribution in [2.75, 3.05) is 46.4 Å². The molecule has 5 nitrogen and oxygen atoms in total. The van der Waals surface area contributed by atoms with E-state index in [9.17, 15) is 4.79 Å². The van der Waals surface area contributed by atoms with E-state index in [1.807, 2.05) is 4.90 Å². The van der Waals surface area contributed by atoms with Crippen LogP contribution < -0.4 is 5.32 Å². The summed E-state index contributed by atoms with van der Waals surface area (Å²) in [5.74, 6) is 0.293. The number of rotatable bonds is 6. The molecule has 2 aliphatic rings. The number of nitrogens with one attached hydrogen (secondary N) is 1. The third kappa shape index (κ3) is 3.76. The van der Waals surface area contributed by atoms with Gasteiger partial charge in [0.05, 0.1) is 6.10 Å². The molecule has 1 saturated heterocycles. The van der Waals surface area contributed by atoms with Crippen molar-refractivity contribution in [1.29, 1.82) is 0 Å². The van der Waals surface area contributed by atoms with E-state index < -0.39 is 0 Å². The lowest BCUT2D eigenvalue weighted by Gasteiger charge is -2.55. The molecule has 0 spiro atoms. The topological polar surface area (TPSA) is 44.8 Å². The largest absolute Gasteiger partial charge is 0.378 e. The first-order chi connectivity index (χ1) is 9.96. The minimum Gasteiger partial charge on any atom is -0.378 e. The van der Waals surface area contributed by atoms with Gasteiger partial charge in [0.2, 0.25) is 5.91 Å². The van der Waals surface area contributed by atoms with E-state index in [1.54, 1.807) is 0 Å². The molecule has 1 amide bonds. The lowest BCUT2D eigenvalue weighted by atomic mass is 9.64. The standard InChI is InChI=1S/C16H31N3O2/c1-5-21-14-12-13(16(14,2)3)18(4)9-6-15(20)19-10-7-17-8-11-19/h13-14,17H,5-12H2,1-4H3. The minimum absolute atomic E-state index is 0.183. The van der Waals surface area contributed by atoms with Crippen molar-refractivity contribution >= 4 is 5.91 Å². The van der Waals surface area contributed by atoms with Crippen LogP contribution in [0.25, 0.3) is 0 Å². The van der Waals surface area contributed by atoms with Crippen LogP contribution in [0, 0.1) is 5.41 Å². The Morgan fingerprint density at radius 2 is 2.05 bits per heavy atom. The zero-order valence-corrected chi connectivity index (χ0v) is 14.0. The molecular weight excluding hydrogens is 266 g/mol. The molecule has 2 unspecified atom stereocenters. The summed E-state index contributed by atoms with van der Waals surface area (Å²) in [7, 11) is 2.14. The predicted molar refractivity (Wildman–Crippen MR) is 84.3 cm³/mol. The Morgan fingerprint density at radius 3 is 2.62 bits per heavy atom. The lowest BCUT2D eigenvalue weighted by Crippen LogP contribution is -2.61. The van der Waals surface area contributed by atoms with Crippen LogP contribution in [-0.2, 0) is 9.53 Å². The number of hydrogen-bond donors (Lipinski definition) is 1. The van der Waals surface area contributed by atoms with Gasteiger partial charge < -0.3 is 19.9 Å². The highest BCUT2D eigenvalue weighted by molar-refractivity contribution is 5.76. The number of ether oxygens (including phenoxy) is 1. The summed E-state index contributed by atoms with van der Waals surface area (Å²) in [4.78, 5) is 16.5. The zero-order chi connectivity index (χ0) is 15.5. The molecule has 2 fully saturated rings. The van der Waals surface area contributed by atoms with Crippen molar-refractivity contribution in [3.8, 4) is 0 Å². The third-order valence-corrected chi connectivity index (χ3v) is 5.17. The first kappa shape index (κ1) is 16.7. The van der Waals surface area contributed by atoms with Crippen LogP contribution in [0.5, 0.6) is 0 Å². The molecule has 0 aromatic heterocycles. The van der Waals surface area contributed by atoms with Crippen molar-refractivity contribution in [3.05, 3.63) is 0 Å². The maximum atomic E-state index is 12.2. The minimum atomic E-state index is 0.183. The number of carbonyl (C=O) groups is 1. The summed E-state index contributed by atoms with van der Waals surface area (Å²) in [6.07, 6.45) is 2.07. The van der Waals surface area contributed by atoms with E-state index in [1.165, 1.54) is 0 Å². The molecule has 5 heteroatoms. The Labute approximate surface area is 129 Å². The average Bonchev–Trinajstić information content (AvgIpc) is 2.49. The van der Waals surface area contributed by atoms with Crippen molar-refractivity contribution in [2.24, 2.45) is 5.41 Å². The Morgan fingerprint density at radius 1 is 1.38 bits per heavy atom. The summed E-state index contributed by atoms with van der Waals surface area (Å²) in [6.45, 7) is 11.8. The summed E-state index contributed by atoms with van der Waals surface area (Å²) < 4.78 is 5.79. The Kier molecular flexibility index (Phi) is 5.63. The van der Waals surface area contributed by atoms with Crippen molar-refractivity contribution < 1.29 is 9.53 Å². The SMILES string of the molecule is CCOC1CC(N(C)CCC(=O)N2CCNCC2)C1(C)C. The van der Waals surface area contributed by atoms with Crippen LogP contribution >= 0.6 is 0 Å². The predicted octanol–water partition coefficient (Wildman–Crippen LogP) is 0.944. The number of piperazine rings is 1. The van der Waals surface area contributed by atoms with Crippen LogP contribution in [0.4, 0.5) is 0 Å². The highest BCUT2D eigenvalue weighted by Crippen LogP contribution is 2.45. The molecule has 0 bridgehead atoms. The fourth-order valence-corrected chi connectivity index (χ4v) is 3.60. The number of amides is 1. The van der Waals surface area contributed by atoms with Gasteiger partial charge in [0.1, 0.15) is 0 Å². The van der Waals surface area contributed by atoms with Crippen LogP contribution in [-0.4, -0.2) is 74.2 Å². The number of nitrogens with zero attached hydrogens (tertiary/aromatic N) is 2. The smallest absolute Gasteiger partial charge is 0.223 e. The van der Waals surface area contributed by atoms with Crippen molar-refractivity contribution in [2.45, 2.75) is 45.8 Å². The molecule has 2 rings (SSSR count). The van der Waals surface area contributed by atoms with Gasteiger partial charge in [0.25, 0.3) is 0 Å². The molecular formula is C16H31N3O2. The molecule has 1 aliphatic heterocycles. The van der Waals surface area contributed by atoms with Gasteiger partial charge in [-0.25, -0.2) is 0 Å². The van der Waals surface area contributed by atoms with Gasteiger partial charge in [0.15, 0.2) is 0 Å². The summed E-state index contributed by atoms with van der Waals surface area (Å²) in [6, 6.07) is 0.518. The molecule has 1 saturated carbocycles. The highest BCUT2D eigenvalue weighted by atomic mass is 16.5. The molecule has 2 atom stereocenters. The number of carbonyl (C=O) groups excluding carboxylic acids is 1. The van der Waals surface area contributed by atoms with Gasteiger partial charge in [-0.1, -0.05) is 13.8 Å². The van der Waals surface area contributed by atoms with Gasteiger partial charge >= 0.3 is 0 Å². The van der Waals surface area contributed by atoms with E-state index in [4.69, 9.17) is 4.74 Å².